The molecule has 4 heteroatoms. The van der Waals surface area contributed by atoms with Crippen molar-refractivity contribution in [3.8, 4) is 0 Å². The number of quaternary nitrogens is 1. The Labute approximate surface area is 154 Å². The predicted octanol–water partition coefficient (Wildman–Crippen LogP) is 2.08. The molecule has 4 nitrogen and oxygen atoms in total. The highest BCUT2D eigenvalue weighted by molar-refractivity contribution is 6.21. The normalized spacial score (nSPS) is 22.8. The number of hydrogen-bond acceptors (Lipinski definition) is 2. The van der Waals surface area contributed by atoms with Gasteiger partial charge in [0, 0.05) is 12.0 Å². The molecule has 4 rings (SSSR count). The average Bonchev–Trinajstić information content (AvgIpc) is 2.95. The average molecular weight is 349 g/mol. The lowest BCUT2D eigenvalue weighted by molar-refractivity contribution is -0.930. The fraction of sp³-hybridized carbons (Fsp3) is 0.364. The fourth-order valence-electron chi connectivity index (χ4n) is 4.13. The van der Waals surface area contributed by atoms with Crippen LogP contribution in [0.1, 0.15) is 42.9 Å². The molecular formula is C22H25N2O2+. The van der Waals surface area contributed by atoms with E-state index in [1.165, 1.54) is 26.5 Å². The van der Waals surface area contributed by atoms with Gasteiger partial charge in [0.05, 0.1) is 18.7 Å². The number of hydrogen-bond donors (Lipinski definition) is 1. The molecule has 2 aromatic carbocycles. The van der Waals surface area contributed by atoms with Crippen LogP contribution in [0.15, 0.2) is 48.5 Å². The molecule has 2 aromatic rings. The van der Waals surface area contributed by atoms with Gasteiger partial charge < -0.3 is 4.90 Å². The molecule has 1 unspecified atom stereocenters. The summed E-state index contributed by atoms with van der Waals surface area (Å²) in [6, 6.07) is 16.0. The Morgan fingerprint density at radius 2 is 1.69 bits per heavy atom. The molecule has 1 N–H and O–H groups in total. The van der Waals surface area contributed by atoms with Crippen LogP contribution in [0, 0.1) is 0 Å². The number of fused-ring (bicyclic) bond motifs is 1. The zero-order chi connectivity index (χ0) is 18.3. The summed E-state index contributed by atoms with van der Waals surface area (Å²) in [4.78, 5) is 28.2. The van der Waals surface area contributed by atoms with Gasteiger partial charge in [-0.05, 0) is 29.2 Å². The summed E-state index contributed by atoms with van der Waals surface area (Å²) in [5.41, 5.74) is 4.58. The van der Waals surface area contributed by atoms with E-state index in [0.717, 1.165) is 19.5 Å². The number of amides is 2. The fourth-order valence-corrected chi connectivity index (χ4v) is 4.13. The number of anilines is 1. The van der Waals surface area contributed by atoms with E-state index in [2.05, 4.69) is 32.0 Å². The zero-order valence-corrected chi connectivity index (χ0v) is 15.4. The lowest BCUT2D eigenvalue weighted by Gasteiger charge is -2.29. The van der Waals surface area contributed by atoms with Crippen LogP contribution >= 0.6 is 0 Å². The highest BCUT2D eigenvalue weighted by Gasteiger charge is 2.46. The van der Waals surface area contributed by atoms with Crippen molar-refractivity contribution in [2.45, 2.75) is 45.2 Å². The molecule has 2 amide bonds. The number of nitrogens with zero attached hydrogens (tertiary/aromatic N) is 1. The Hall–Kier alpha value is -2.46. The van der Waals surface area contributed by atoms with Crippen LogP contribution in [0.2, 0.25) is 0 Å². The van der Waals surface area contributed by atoms with Crippen LogP contribution in [0.5, 0.6) is 0 Å². The lowest BCUT2D eigenvalue weighted by Crippen LogP contribution is -3.16. The van der Waals surface area contributed by atoms with Gasteiger partial charge in [-0.1, -0.05) is 50.2 Å². The monoisotopic (exact) mass is 349 g/mol. The maximum atomic E-state index is 13.0. The first-order valence-corrected chi connectivity index (χ1v) is 9.42. The van der Waals surface area contributed by atoms with Crippen molar-refractivity contribution in [3.05, 3.63) is 65.2 Å². The Bertz CT molecular complexity index is 841. The summed E-state index contributed by atoms with van der Waals surface area (Å²) in [6.45, 7) is 5.99. The standard InChI is InChI=1S/C22H24N2O2/c1-15(2)16-7-9-19(10-8-16)24-21(25)13-20(22(24)26)23-12-11-17-5-3-4-6-18(17)14-23/h3-10,15,20H,11-14H2,1-2H3/p+1/t20-/m1/s1. The van der Waals surface area contributed by atoms with E-state index >= 15 is 0 Å². The Balaban J connectivity index is 1.54. The van der Waals surface area contributed by atoms with Crippen molar-refractivity contribution >= 4 is 17.5 Å². The summed E-state index contributed by atoms with van der Waals surface area (Å²) in [7, 11) is 0. The lowest BCUT2D eigenvalue weighted by atomic mass is 9.98. The molecule has 0 aromatic heterocycles. The summed E-state index contributed by atoms with van der Waals surface area (Å²) in [5, 5.41) is 0. The molecule has 2 aliphatic heterocycles. The van der Waals surface area contributed by atoms with E-state index in [1.807, 2.05) is 30.3 Å². The van der Waals surface area contributed by atoms with E-state index in [0.29, 0.717) is 18.0 Å². The van der Waals surface area contributed by atoms with Crippen molar-refractivity contribution < 1.29 is 14.5 Å². The summed E-state index contributed by atoms with van der Waals surface area (Å²) in [6.07, 6.45) is 1.27. The second-order valence-electron chi connectivity index (χ2n) is 7.67. The molecule has 2 atom stereocenters. The first-order chi connectivity index (χ1) is 12.5. The number of benzene rings is 2. The molecule has 1 saturated heterocycles. The van der Waals surface area contributed by atoms with Crippen LogP contribution < -0.4 is 9.80 Å². The van der Waals surface area contributed by atoms with Crippen LogP contribution in [0.3, 0.4) is 0 Å². The first kappa shape index (κ1) is 17.0. The Kier molecular flexibility index (Phi) is 4.37. The summed E-state index contributed by atoms with van der Waals surface area (Å²) < 4.78 is 0. The second-order valence-corrected chi connectivity index (χ2v) is 7.67. The molecule has 0 bridgehead atoms. The van der Waals surface area contributed by atoms with E-state index in [-0.39, 0.29) is 17.9 Å². The highest BCUT2D eigenvalue weighted by Crippen LogP contribution is 2.25. The van der Waals surface area contributed by atoms with E-state index < -0.39 is 0 Å². The smallest absolute Gasteiger partial charge is 0.292 e. The minimum absolute atomic E-state index is 0.0540. The molecule has 26 heavy (non-hydrogen) atoms. The van der Waals surface area contributed by atoms with Crippen molar-refractivity contribution in [2.24, 2.45) is 0 Å². The highest BCUT2D eigenvalue weighted by atomic mass is 16.2. The first-order valence-electron chi connectivity index (χ1n) is 9.42. The third-order valence-electron chi connectivity index (χ3n) is 5.71. The minimum atomic E-state index is -0.263. The molecule has 2 heterocycles. The van der Waals surface area contributed by atoms with E-state index in [9.17, 15) is 9.59 Å². The van der Waals surface area contributed by atoms with Gasteiger partial charge in [0.1, 0.15) is 6.54 Å². The van der Waals surface area contributed by atoms with Gasteiger partial charge in [0.2, 0.25) is 5.91 Å². The molecule has 0 spiro atoms. The molecule has 1 fully saturated rings. The topological polar surface area (TPSA) is 41.8 Å². The van der Waals surface area contributed by atoms with Gasteiger partial charge in [-0.3, -0.25) is 9.59 Å². The molecular weight excluding hydrogens is 324 g/mol. The minimum Gasteiger partial charge on any atom is -0.320 e. The van der Waals surface area contributed by atoms with Crippen molar-refractivity contribution in [1.29, 1.82) is 0 Å². The number of carbonyl (C=O) groups is 2. The third kappa shape index (κ3) is 2.95. The molecule has 2 aliphatic rings. The van der Waals surface area contributed by atoms with Crippen LogP contribution in [-0.2, 0) is 22.6 Å². The van der Waals surface area contributed by atoms with E-state index in [4.69, 9.17) is 0 Å². The summed E-state index contributed by atoms with van der Waals surface area (Å²) >= 11 is 0. The largest absolute Gasteiger partial charge is 0.320 e. The second kappa shape index (κ2) is 6.69. The Morgan fingerprint density at radius 1 is 1.00 bits per heavy atom. The van der Waals surface area contributed by atoms with Gasteiger partial charge in [0.25, 0.3) is 5.91 Å². The van der Waals surface area contributed by atoms with Gasteiger partial charge in [-0.2, -0.15) is 0 Å². The van der Waals surface area contributed by atoms with Gasteiger partial charge in [-0.15, -0.1) is 0 Å². The molecule has 0 aliphatic carbocycles. The molecule has 0 radical (unpaired) electrons. The number of nitrogens with one attached hydrogen (secondary N) is 1. The Morgan fingerprint density at radius 3 is 2.38 bits per heavy atom. The van der Waals surface area contributed by atoms with Crippen molar-refractivity contribution in [3.63, 3.8) is 0 Å². The molecule has 0 saturated carbocycles. The van der Waals surface area contributed by atoms with Crippen LogP contribution in [0.4, 0.5) is 5.69 Å². The predicted molar refractivity (Wildman–Crippen MR) is 101 cm³/mol. The zero-order valence-electron chi connectivity index (χ0n) is 15.4. The maximum absolute atomic E-state index is 13.0. The SMILES string of the molecule is CC(C)c1ccc(N2C(=O)C[C@@H]([NH+]3CCc4ccccc4C3)C2=O)cc1. The van der Waals surface area contributed by atoms with E-state index in [1.54, 1.807) is 0 Å². The summed E-state index contributed by atoms with van der Waals surface area (Å²) in [5.74, 6) is 0.296. The van der Waals surface area contributed by atoms with Crippen molar-refractivity contribution in [2.75, 3.05) is 11.4 Å². The molecule has 134 valence electrons. The maximum Gasteiger partial charge on any atom is 0.292 e. The number of rotatable bonds is 3. The van der Waals surface area contributed by atoms with Gasteiger partial charge >= 0.3 is 0 Å². The number of carbonyl (C=O) groups excluding carboxylic acids is 2. The van der Waals surface area contributed by atoms with Gasteiger partial charge in [-0.25, -0.2) is 4.90 Å². The van der Waals surface area contributed by atoms with Crippen LogP contribution in [-0.4, -0.2) is 24.4 Å². The quantitative estimate of drug-likeness (QED) is 0.862. The third-order valence-corrected chi connectivity index (χ3v) is 5.71. The van der Waals surface area contributed by atoms with Crippen LogP contribution in [0.25, 0.3) is 0 Å². The van der Waals surface area contributed by atoms with Gasteiger partial charge in [0.15, 0.2) is 6.04 Å². The number of imide groups is 1. The van der Waals surface area contributed by atoms with Crippen molar-refractivity contribution in [1.82, 2.24) is 0 Å².